The van der Waals surface area contributed by atoms with E-state index >= 15 is 0 Å². The van der Waals surface area contributed by atoms with Crippen LogP contribution in [0, 0.1) is 0 Å². The fraction of sp³-hybridized carbons (Fsp3) is 0.889. The van der Waals surface area contributed by atoms with Gasteiger partial charge < -0.3 is 49.5 Å². The number of hydrogen-bond donors (Lipinski definition) is 0. The van der Waals surface area contributed by atoms with Gasteiger partial charge in [0.2, 0.25) is 0 Å². The Hall–Kier alpha value is 0.315. The Morgan fingerprint density at radius 3 is 0.635 bits per heavy atom. The van der Waals surface area contributed by atoms with Crippen LogP contribution in [-0.2, 0) is 45.3 Å². The summed E-state index contributed by atoms with van der Waals surface area (Å²) in [5.74, 6) is 0. The molecule has 4 unspecified atom stereocenters. The van der Waals surface area contributed by atoms with Gasteiger partial charge in [-0.15, -0.1) is 0 Å². The van der Waals surface area contributed by atoms with E-state index in [1.165, 1.54) is 51.4 Å². The molecule has 0 N–H and O–H groups in total. The van der Waals surface area contributed by atoms with Crippen molar-refractivity contribution in [1.82, 2.24) is 0 Å². The summed E-state index contributed by atoms with van der Waals surface area (Å²) in [5, 5.41) is 0. The monoisotopic (exact) mass is 1160 g/mol. The zero-order chi connectivity index (χ0) is 49.4. The van der Waals surface area contributed by atoms with Gasteiger partial charge in [0.25, 0.3) is 0 Å². The van der Waals surface area contributed by atoms with E-state index in [4.69, 9.17) is 28.8 Å². The van der Waals surface area contributed by atoms with Gasteiger partial charge in [0.15, 0.2) is 0 Å². The quantitative estimate of drug-likeness (QED) is 0.220. The first-order valence-electron chi connectivity index (χ1n) is 31.9. The number of para-hydroxylation sites is 1. The van der Waals surface area contributed by atoms with Crippen molar-refractivity contribution >= 4 is 76.0 Å². The van der Waals surface area contributed by atoms with Crippen LogP contribution in [0.25, 0.3) is 0 Å². The van der Waals surface area contributed by atoms with Gasteiger partial charge in [0.05, 0.1) is 0 Å². The summed E-state index contributed by atoms with van der Waals surface area (Å²) in [7, 11) is -32.4. The zero-order valence-corrected chi connectivity index (χ0v) is 53.2. The van der Waals surface area contributed by atoms with Crippen LogP contribution in [0.1, 0.15) is 257 Å². The van der Waals surface area contributed by atoms with E-state index in [2.05, 4.69) is 34.6 Å². The lowest BCUT2D eigenvalue weighted by atomic mass is 10.0. The Bertz CT molecular complexity index is 1870. The fourth-order valence-electron chi connectivity index (χ4n) is 17.8. The molecule has 1 aromatic rings. The number of hydrogen-bond acceptors (Lipinski definition) is 12. The minimum atomic E-state index is -4.07. The predicted molar refractivity (Wildman–Crippen MR) is 302 cm³/mol. The Morgan fingerprint density at radius 1 is 0.230 bits per heavy atom. The van der Waals surface area contributed by atoms with Crippen molar-refractivity contribution in [3.63, 3.8) is 0 Å². The van der Waals surface area contributed by atoms with Crippen molar-refractivity contribution in [2.45, 2.75) is 301 Å². The minimum absolute atomic E-state index is 0.0643. The average molecular weight is 1160 g/mol. The number of nitrogens with zero attached hydrogens (tertiary/aromatic N) is 1. The summed E-state index contributed by atoms with van der Waals surface area (Å²) in [6, 6.07) is 11.6. The van der Waals surface area contributed by atoms with Gasteiger partial charge in [0.1, 0.15) is 0 Å². The first kappa shape index (κ1) is 52.4. The predicted octanol–water partition coefficient (Wildman–Crippen LogP) is 15.9. The standard InChI is InChI=1S/C54H93NO11Si8/c1-10-28-46(29-11-1)55-67(47-30-12-2-13-31-47)56-69(49-34-16-4-17-35-49)60-71(51-38-20-6-21-39-51)58-68(55,48-32-14-3-15-33-48)59-72(52-40-22-7-23-41-52)61-70(57-67,50-36-18-5-19-37-50)63-73(62-69,53-42-24-8-25-43-53)66-74(64-71,65-72)54-44-26-9-27-45-54/h1,10-11,28-29,47-54H,2-9,12-27,30-45H2. The molecule has 1 aromatic carbocycles. The lowest BCUT2D eigenvalue weighted by molar-refractivity contribution is -0.0253. The van der Waals surface area contributed by atoms with Gasteiger partial charge in [-0.3, -0.25) is 0 Å². The maximum atomic E-state index is 9.28. The molecule has 6 aliphatic heterocycles. The molecule has 0 aromatic heterocycles. The van der Waals surface area contributed by atoms with Crippen molar-refractivity contribution in [2.75, 3.05) is 4.23 Å². The van der Waals surface area contributed by atoms with E-state index in [9.17, 15) is 16.5 Å². The summed E-state index contributed by atoms with van der Waals surface area (Å²) in [4.78, 5) is 0. The second kappa shape index (κ2) is 21.3. The summed E-state index contributed by atoms with van der Waals surface area (Å²) < 4.78 is 103. The van der Waals surface area contributed by atoms with Crippen molar-refractivity contribution in [3.8, 4) is 0 Å². The molecule has 0 radical (unpaired) electrons. The van der Waals surface area contributed by atoms with Crippen LogP contribution in [0.15, 0.2) is 30.3 Å². The Morgan fingerprint density at radius 2 is 0.419 bits per heavy atom. The summed E-state index contributed by atoms with van der Waals surface area (Å²) in [5.41, 5.74) is 1.79. The van der Waals surface area contributed by atoms with Gasteiger partial charge >= 0.3 is 70.3 Å². The normalized spacial score (nSPS) is 44.4. The highest BCUT2D eigenvalue weighted by molar-refractivity contribution is 7.10. The molecule has 6 heterocycles. The minimum Gasteiger partial charge on any atom is -0.378 e. The average Bonchev–Trinajstić information content (AvgIpc) is 3.51. The topological polar surface area (TPSA) is 105 Å². The molecule has 6 saturated heterocycles. The Kier molecular flexibility index (Phi) is 15.0. The molecule has 8 saturated carbocycles. The Balaban J connectivity index is 1.15. The van der Waals surface area contributed by atoms with E-state index in [0.29, 0.717) is 0 Å². The van der Waals surface area contributed by atoms with Crippen LogP contribution in [0.2, 0.25) is 44.3 Å². The van der Waals surface area contributed by atoms with Gasteiger partial charge in [0, 0.05) is 50.0 Å². The van der Waals surface area contributed by atoms with Crippen molar-refractivity contribution in [3.05, 3.63) is 30.3 Å². The van der Waals surface area contributed by atoms with Crippen molar-refractivity contribution in [1.29, 1.82) is 0 Å². The molecule has 14 aliphatic rings. The third kappa shape index (κ3) is 8.99. The molecule has 0 spiro atoms. The van der Waals surface area contributed by atoms with Gasteiger partial charge in [-0.25, -0.2) is 0 Å². The third-order valence-electron chi connectivity index (χ3n) is 21.7. The van der Waals surface area contributed by atoms with E-state index in [0.717, 1.165) is 211 Å². The largest absolute Gasteiger partial charge is 0.482 e. The molecule has 4 atom stereocenters. The maximum Gasteiger partial charge on any atom is 0.482 e. The highest BCUT2D eigenvalue weighted by Crippen LogP contribution is 2.67. The molecular formula is C54H93NO11Si8. The molecule has 14 fully saturated rings. The number of anilines is 1. The summed E-state index contributed by atoms with van der Waals surface area (Å²) >= 11 is 0. The first-order valence-corrected chi connectivity index (χ1v) is 46.4. The van der Waals surface area contributed by atoms with Crippen LogP contribution in [0.5, 0.6) is 0 Å². The van der Waals surface area contributed by atoms with E-state index < -0.39 is 70.3 Å². The highest BCUT2D eigenvalue weighted by atomic mass is 28.6. The second-order valence-corrected chi connectivity index (χ2v) is 53.0. The molecule has 20 heteroatoms. The molecule has 0 amide bonds. The number of rotatable bonds is 9. The first-order chi connectivity index (χ1) is 36.3. The van der Waals surface area contributed by atoms with Gasteiger partial charge in [-0.05, 0) is 115 Å². The molecule has 12 nitrogen and oxygen atoms in total. The molecule has 15 rings (SSSR count). The lowest BCUT2D eigenvalue weighted by Gasteiger charge is -2.71. The van der Waals surface area contributed by atoms with Crippen LogP contribution in [-0.4, -0.2) is 70.3 Å². The lowest BCUT2D eigenvalue weighted by Crippen LogP contribution is -2.95. The van der Waals surface area contributed by atoms with E-state index in [1.807, 2.05) is 0 Å². The van der Waals surface area contributed by atoms with Gasteiger partial charge in [-0.1, -0.05) is 172 Å². The van der Waals surface area contributed by atoms with E-state index in [1.54, 1.807) is 0 Å². The summed E-state index contributed by atoms with van der Waals surface area (Å²) in [6.45, 7) is 0. The number of benzene rings is 1. The SMILES string of the molecule is c1ccc(N2[Si]3(C4CCCCC4)O[Si]4(C5CCCCC5)O[Si]5(C6CCCCC6)O[Si]6(C7CCCCC7)O[Si](C7CCCCC7)(O4)O[Si]2(C2CCCCC2)O[Si](C2CCCCC2)(O6)O[Si](C2CCCCC2)(O5)O3)cc1. The van der Waals surface area contributed by atoms with Crippen LogP contribution >= 0.6 is 0 Å². The molecular weight excluding hydrogens is 1060 g/mol. The summed E-state index contributed by atoms with van der Waals surface area (Å²) in [6.07, 6.45) is 44.4. The molecule has 74 heavy (non-hydrogen) atoms. The zero-order valence-electron chi connectivity index (χ0n) is 45.2. The maximum absolute atomic E-state index is 9.28. The highest BCUT2D eigenvalue weighted by Gasteiger charge is 2.89. The third-order valence-corrected chi connectivity index (χ3v) is 63.1. The van der Waals surface area contributed by atoms with Crippen LogP contribution in [0.3, 0.4) is 0 Å². The molecule has 8 aliphatic carbocycles. The van der Waals surface area contributed by atoms with Crippen LogP contribution in [0.4, 0.5) is 5.69 Å². The molecule has 8 bridgehead atoms. The smallest absolute Gasteiger partial charge is 0.378 e. The van der Waals surface area contributed by atoms with E-state index in [-0.39, 0.29) is 44.3 Å². The Labute approximate surface area is 454 Å². The van der Waals surface area contributed by atoms with Gasteiger partial charge in [-0.2, -0.15) is 0 Å². The second-order valence-electron chi connectivity index (χ2n) is 26.4. The van der Waals surface area contributed by atoms with Crippen LogP contribution < -0.4 is 4.23 Å². The molecule has 412 valence electrons. The van der Waals surface area contributed by atoms with Crippen molar-refractivity contribution in [2.24, 2.45) is 0 Å². The van der Waals surface area contributed by atoms with Crippen molar-refractivity contribution < 1.29 is 45.3 Å². The fourth-order valence-corrected chi connectivity index (χ4v) is 77.6.